The Morgan fingerprint density at radius 3 is 2.24 bits per heavy atom. The third kappa shape index (κ3) is 3.14. The molecule has 1 heterocycles. The lowest BCUT2D eigenvalue weighted by atomic mass is 10.1. The van der Waals surface area contributed by atoms with Gasteiger partial charge in [-0.2, -0.15) is 0 Å². The summed E-state index contributed by atoms with van der Waals surface area (Å²) in [6.45, 7) is 4.32. The van der Waals surface area contributed by atoms with Crippen LogP contribution >= 0.6 is 0 Å². The molecule has 0 saturated carbocycles. The summed E-state index contributed by atoms with van der Waals surface area (Å²) >= 11 is 0. The van der Waals surface area contributed by atoms with Crippen molar-refractivity contribution in [3.8, 4) is 0 Å². The molecule has 1 unspecified atom stereocenters. The van der Waals surface area contributed by atoms with Crippen LogP contribution in [-0.4, -0.2) is 4.98 Å². The predicted octanol–water partition coefficient (Wildman–Crippen LogP) is 3.49. The van der Waals surface area contributed by atoms with Gasteiger partial charge in [0.2, 0.25) is 0 Å². The molecule has 2 rings (SSSR count). The van der Waals surface area contributed by atoms with Gasteiger partial charge in [-0.1, -0.05) is 36.4 Å². The summed E-state index contributed by atoms with van der Waals surface area (Å²) in [4.78, 5) is 4.36. The Balaban J connectivity index is 2.02. The number of hydrogen-bond donors (Lipinski definition) is 1. The second kappa shape index (κ2) is 5.60. The van der Waals surface area contributed by atoms with Gasteiger partial charge in [-0.25, -0.2) is 0 Å². The Kier molecular flexibility index (Phi) is 3.89. The first-order valence-corrected chi connectivity index (χ1v) is 5.99. The van der Waals surface area contributed by atoms with E-state index in [1.807, 2.05) is 24.4 Å². The average Bonchev–Trinajstić information content (AvgIpc) is 2.40. The molecule has 2 heteroatoms. The van der Waals surface area contributed by atoms with Crippen LogP contribution < -0.4 is 5.32 Å². The minimum atomic E-state index is 0.256. The van der Waals surface area contributed by atoms with Gasteiger partial charge < -0.3 is 5.32 Å². The first-order valence-electron chi connectivity index (χ1n) is 5.99. The van der Waals surface area contributed by atoms with Crippen LogP contribution in [0, 0.1) is 0 Å². The fraction of sp³-hybridized carbons (Fsp3) is 0.267. The maximum absolute atomic E-state index is 4.36. The number of hydrogen-bond acceptors (Lipinski definition) is 2. The summed E-state index contributed by atoms with van der Waals surface area (Å²) in [7, 11) is 0. The lowest BCUT2D eigenvalue weighted by Crippen LogP contribution is -2.23. The van der Waals surface area contributed by atoms with Crippen molar-refractivity contribution in [2.45, 2.75) is 25.9 Å². The van der Waals surface area contributed by atoms with Crippen molar-refractivity contribution in [3.63, 3.8) is 0 Å². The van der Waals surface area contributed by atoms with Crippen LogP contribution in [0.5, 0.6) is 0 Å². The zero-order valence-electron chi connectivity index (χ0n) is 10.3. The molecule has 0 fully saturated rings. The average molecular weight is 226 g/mol. The van der Waals surface area contributed by atoms with Gasteiger partial charge in [-0.3, -0.25) is 4.98 Å². The van der Waals surface area contributed by atoms with Crippen LogP contribution in [0.25, 0.3) is 0 Å². The van der Waals surface area contributed by atoms with Gasteiger partial charge in [-0.15, -0.1) is 0 Å². The van der Waals surface area contributed by atoms with Gasteiger partial charge in [0.1, 0.15) is 0 Å². The summed E-state index contributed by atoms with van der Waals surface area (Å²) in [6, 6.07) is 17.1. The van der Waals surface area contributed by atoms with Gasteiger partial charge in [0.05, 0.1) is 5.69 Å². The van der Waals surface area contributed by atoms with Crippen molar-refractivity contribution in [1.82, 2.24) is 10.3 Å². The van der Waals surface area contributed by atoms with Gasteiger partial charge in [0.25, 0.3) is 0 Å². The predicted molar refractivity (Wildman–Crippen MR) is 70.6 cm³/mol. The summed E-state index contributed by atoms with van der Waals surface area (Å²) in [6.07, 6.45) is 1.83. The highest BCUT2D eigenvalue weighted by molar-refractivity contribution is 5.19. The van der Waals surface area contributed by atoms with E-state index in [2.05, 4.69) is 54.5 Å². The molecule has 2 nitrogen and oxygen atoms in total. The van der Waals surface area contributed by atoms with Gasteiger partial charge >= 0.3 is 0 Å². The van der Waals surface area contributed by atoms with E-state index in [9.17, 15) is 0 Å². The van der Waals surface area contributed by atoms with Crippen molar-refractivity contribution >= 4 is 0 Å². The molecule has 1 N–H and O–H groups in total. The second-order valence-corrected chi connectivity index (χ2v) is 4.28. The minimum absolute atomic E-state index is 0.256. The molecule has 1 aromatic heterocycles. The quantitative estimate of drug-likeness (QED) is 0.863. The summed E-state index contributed by atoms with van der Waals surface area (Å²) < 4.78 is 0. The van der Waals surface area contributed by atoms with Crippen molar-refractivity contribution in [1.29, 1.82) is 0 Å². The zero-order valence-corrected chi connectivity index (χ0v) is 10.3. The molecule has 0 aliphatic rings. The summed E-state index contributed by atoms with van der Waals surface area (Å²) in [5.74, 6) is 0. The fourth-order valence-electron chi connectivity index (χ4n) is 1.93. The molecule has 0 saturated heterocycles. The number of nitrogens with zero attached hydrogens (tertiary/aromatic N) is 1. The lowest BCUT2D eigenvalue weighted by Gasteiger charge is -2.19. The van der Waals surface area contributed by atoms with Crippen molar-refractivity contribution in [3.05, 3.63) is 66.0 Å². The first-order chi connectivity index (χ1) is 8.27. The minimum Gasteiger partial charge on any atom is -0.302 e. The molecule has 0 aliphatic carbocycles. The lowest BCUT2D eigenvalue weighted by molar-refractivity contribution is 0.486. The maximum Gasteiger partial charge on any atom is 0.0570 e. The van der Waals surface area contributed by atoms with Crippen molar-refractivity contribution in [2.24, 2.45) is 0 Å². The number of rotatable bonds is 4. The normalized spacial score (nSPS) is 14.2. The monoisotopic (exact) mass is 226 g/mol. The molecular formula is C15H18N2. The molecular weight excluding hydrogens is 208 g/mol. The highest BCUT2D eigenvalue weighted by Gasteiger charge is 2.10. The Morgan fingerprint density at radius 1 is 0.882 bits per heavy atom. The van der Waals surface area contributed by atoms with E-state index in [-0.39, 0.29) is 6.04 Å². The topological polar surface area (TPSA) is 24.9 Å². The van der Waals surface area contributed by atoms with Crippen LogP contribution in [0.1, 0.15) is 37.2 Å². The van der Waals surface area contributed by atoms with Gasteiger partial charge in [0.15, 0.2) is 0 Å². The molecule has 88 valence electrons. The molecule has 0 radical (unpaired) electrons. The Hall–Kier alpha value is -1.67. The Bertz CT molecular complexity index is 395. The largest absolute Gasteiger partial charge is 0.302 e. The number of pyridine rings is 1. The third-order valence-corrected chi connectivity index (χ3v) is 2.93. The second-order valence-electron chi connectivity index (χ2n) is 4.28. The molecule has 0 amide bonds. The number of benzene rings is 1. The number of nitrogens with one attached hydrogen (secondary N) is 1. The summed E-state index contributed by atoms with van der Waals surface area (Å²) in [5.41, 5.74) is 2.38. The third-order valence-electron chi connectivity index (χ3n) is 2.93. The van der Waals surface area contributed by atoms with E-state index >= 15 is 0 Å². The van der Waals surface area contributed by atoms with E-state index in [4.69, 9.17) is 0 Å². The van der Waals surface area contributed by atoms with Crippen molar-refractivity contribution in [2.75, 3.05) is 0 Å². The standard InChI is InChI=1S/C15H18N2/c1-12(14-8-4-3-5-9-14)17-13(2)15-10-6-7-11-16-15/h3-13,17H,1-2H3/t12-,13?/m0/s1. The van der Waals surface area contributed by atoms with E-state index in [1.54, 1.807) is 0 Å². The molecule has 0 aliphatic heterocycles. The molecule has 2 atom stereocenters. The van der Waals surface area contributed by atoms with Gasteiger partial charge in [0, 0.05) is 18.3 Å². The van der Waals surface area contributed by atoms with E-state index in [0.29, 0.717) is 6.04 Å². The van der Waals surface area contributed by atoms with Crippen molar-refractivity contribution < 1.29 is 0 Å². The fourth-order valence-corrected chi connectivity index (χ4v) is 1.93. The van der Waals surface area contributed by atoms with Crippen LogP contribution in [0.2, 0.25) is 0 Å². The highest BCUT2D eigenvalue weighted by Crippen LogP contribution is 2.17. The van der Waals surface area contributed by atoms with E-state index in [1.165, 1.54) is 5.56 Å². The van der Waals surface area contributed by atoms with E-state index < -0.39 is 0 Å². The molecule has 1 aromatic carbocycles. The first kappa shape index (κ1) is 11.8. The van der Waals surface area contributed by atoms with Gasteiger partial charge in [-0.05, 0) is 31.5 Å². The SMILES string of the molecule is CC(N[C@@H](C)c1ccccc1)c1ccccn1. The van der Waals surface area contributed by atoms with Crippen LogP contribution in [0.15, 0.2) is 54.7 Å². The molecule has 0 spiro atoms. The Morgan fingerprint density at radius 2 is 1.59 bits per heavy atom. The number of aromatic nitrogens is 1. The molecule has 17 heavy (non-hydrogen) atoms. The zero-order chi connectivity index (χ0) is 12.1. The van der Waals surface area contributed by atoms with E-state index in [0.717, 1.165) is 5.69 Å². The maximum atomic E-state index is 4.36. The summed E-state index contributed by atoms with van der Waals surface area (Å²) in [5, 5.41) is 3.55. The Labute approximate surface area is 103 Å². The van der Waals surface area contributed by atoms with Crippen LogP contribution in [-0.2, 0) is 0 Å². The van der Waals surface area contributed by atoms with Crippen LogP contribution in [0.3, 0.4) is 0 Å². The molecule has 0 bridgehead atoms. The highest BCUT2D eigenvalue weighted by atomic mass is 15.0. The smallest absolute Gasteiger partial charge is 0.0570 e. The van der Waals surface area contributed by atoms with Crippen LogP contribution in [0.4, 0.5) is 0 Å². The molecule has 2 aromatic rings.